The maximum Gasteiger partial charge on any atom is 0.255 e. The van der Waals surface area contributed by atoms with Gasteiger partial charge >= 0.3 is 0 Å². The Labute approximate surface area is 154 Å². The molecule has 136 valence electrons. The Balaban J connectivity index is 1.63. The van der Waals surface area contributed by atoms with Crippen LogP contribution in [0.3, 0.4) is 0 Å². The van der Waals surface area contributed by atoms with Crippen molar-refractivity contribution in [2.45, 2.75) is 18.8 Å². The van der Waals surface area contributed by atoms with Gasteiger partial charge in [0.2, 0.25) is 0 Å². The Kier molecular flexibility index (Phi) is 4.11. The number of aromatic nitrogens is 2. The first-order valence-corrected chi connectivity index (χ1v) is 8.62. The summed E-state index contributed by atoms with van der Waals surface area (Å²) < 4.78 is 28.4. The first-order valence-electron chi connectivity index (χ1n) is 8.62. The SMILES string of the molecule is N#Cc1cccc(-n2ccc3cc(C(=O)N4CCC(F)(F)CC4)cnc32)c1. The summed E-state index contributed by atoms with van der Waals surface area (Å²) >= 11 is 0. The molecule has 1 aliphatic heterocycles. The van der Waals surface area contributed by atoms with E-state index in [0.29, 0.717) is 16.8 Å². The standard InChI is InChI=1S/C20H16F2N4O/c21-20(22)5-8-25(9-6-20)19(27)16-11-15-4-7-26(18(15)24-13-16)17-3-1-2-14(10-17)12-23/h1-4,7,10-11,13H,5-6,8-9H2. The fourth-order valence-electron chi connectivity index (χ4n) is 3.29. The van der Waals surface area contributed by atoms with Gasteiger partial charge in [0.15, 0.2) is 0 Å². The molecular formula is C20H16F2N4O. The molecule has 0 aliphatic carbocycles. The Morgan fingerprint density at radius 2 is 1.96 bits per heavy atom. The lowest BCUT2D eigenvalue weighted by atomic mass is 10.1. The molecule has 0 saturated carbocycles. The number of fused-ring (bicyclic) bond motifs is 1. The summed E-state index contributed by atoms with van der Waals surface area (Å²) in [6.07, 6.45) is 2.69. The van der Waals surface area contributed by atoms with E-state index in [1.54, 1.807) is 24.3 Å². The van der Waals surface area contributed by atoms with E-state index < -0.39 is 5.92 Å². The number of pyridine rings is 1. The number of amides is 1. The number of nitrogens with zero attached hydrogens (tertiary/aromatic N) is 4. The fraction of sp³-hybridized carbons (Fsp3) is 0.250. The number of carbonyl (C=O) groups is 1. The summed E-state index contributed by atoms with van der Waals surface area (Å²) in [6.45, 7) is 0.0949. The lowest BCUT2D eigenvalue weighted by Crippen LogP contribution is -2.42. The number of likely N-dealkylation sites (tertiary alicyclic amines) is 1. The molecule has 1 aromatic carbocycles. The third-order valence-electron chi connectivity index (χ3n) is 4.81. The minimum atomic E-state index is -2.69. The molecule has 5 nitrogen and oxygen atoms in total. The molecule has 0 atom stereocenters. The number of carbonyl (C=O) groups excluding carboxylic acids is 1. The van der Waals surface area contributed by atoms with Crippen LogP contribution in [0.2, 0.25) is 0 Å². The van der Waals surface area contributed by atoms with Crippen LogP contribution in [0.5, 0.6) is 0 Å². The van der Waals surface area contributed by atoms with E-state index in [1.807, 2.05) is 22.9 Å². The first-order chi connectivity index (χ1) is 13.0. The number of benzene rings is 1. The maximum atomic E-state index is 13.3. The van der Waals surface area contributed by atoms with Crippen LogP contribution in [0.15, 0.2) is 48.8 Å². The second-order valence-corrected chi connectivity index (χ2v) is 6.63. The predicted molar refractivity (Wildman–Crippen MR) is 95.9 cm³/mol. The van der Waals surface area contributed by atoms with Gasteiger partial charge < -0.3 is 9.47 Å². The average molecular weight is 366 g/mol. The van der Waals surface area contributed by atoms with E-state index in [2.05, 4.69) is 11.1 Å². The molecule has 0 bridgehead atoms. The normalized spacial score (nSPS) is 16.3. The largest absolute Gasteiger partial charge is 0.338 e. The molecule has 27 heavy (non-hydrogen) atoms. The van der Waals surface area contributed by atoms with Gasteiger partial charge in [-0.25, -0.2) is 13.8 Å². The summed E-state index contributed by atoms with van der Waals surface area (Å²) in [6, 6.07) is 12.8. The number of hydrogen-bond acceptors (Lipinski definition) is 3. The molecular weight excluding hydrogens is 350 g/mol. The first kappa shape index (κ1) is 17.2. The molecule has 0 spiro atoms. The number of rotatable bonds is 2. The zero-order chi connectivity index (χ0) is 19.0. The van der Waals surface area contributed by atoms with Crippen molar-refractivity contribution in [1.82, 2.24) is 14.5 Å². The van der Waals surface area contributed by atoms with Crippen LogP contribution in [0.1, 0.15) is 28.8 Å². The number of alkyl halides is 2. The van der Waals surface area contributed by atoms with Crippen molar-refractivity contribution >= 4 is 16.9 Å². The zero-order valence-corrected chi connectivity index (χ0v) is 14.4. The summed E-state index contributed by atoms with van der Waals surface area (Å²) in [5.74, 6) is -2.96. The molecule has 2 aromatic heterocycles. The summed E-state index contributed by atoms with van der Waals surface area (Å²) in [5.41, 5.74) is 2.39. The van der Waals surface area contributed by atoms with Gasteiger partial charge in [-0.15, -0.1) is 0 Å². The van der Waals surface area contributed by atoms with Crippen molar-refractivity contribution < 1.29 is 13.6 Å². The van der Waals surface area contributed by atoms with Crippen LogP contribution in [0.25, 0.3) is 16.7 Å². The average Bonchev–Trinajstić information content (AvgIpc) is 3.10. The molecule has 3 heterocycles. The number of halogens is 2. The minimum Gasteiger partial charge on any atom is -0.338 e. The molecule has 1 aliphatic rings. The van der Waals surface area contributed by atoms with Crippen LogP contribution >= 0.6 is 0 Å². The van der Waals surface area contributed by atoms with Gasteiger partial charge in [-0.3, -0.25) is 4.79 Å². The van der Waals surface area contributed by atoms with Gasteiger partial charge in [0.1, 0.15) is 5.65 Å². The van der Waals surface area contributed by atoms with Crippen molar-refractivity contribution in [3.8, 4) is 11.8 Å². The van der Waals surface area contributed by atoms with E-state index in [1.165, 1.54) is 11.1 Å². The highest BCUT2D eigenvalue weighted by molar-refractivity contribution is 5.97. The minimum absolute atomic E-state index is 0.0475. The molecule has 1 amide bonds. The molecule has 4 rings (SSSR count). The van der Waals surface area contributed by atoms with Gasteiger partial charge in [0, 0.05) is 49.4 Å². The third-order valence-corrected chi connectivity index (χ3v) is 4.81. The molecule has 0 radical (unpaired) electrons. The highest BCUT2D eigenvalue weighted by atomic mass is 19.3. The Bertz CT molecular complexity index is 1060. The summed E-state index contributed by atoms with van der Waals surface area (Å²) in [4.78, 5) is 18.5. The monoisotopic (exact) mass is 366 g/mol. The van der Waals surface area contributed by atoms with E-state index in [4.69, 9.17) is 5.26 Å². The van der Waals surface area contributed by atoms with E-state index in [0.717, 1.165) is 11.1 Å². The van der Waals surface area contributed by atoms with Crippen molar-refractivity contribution in [2.24, 2.45) is 0 Å². The van der Waals surface area contributed by atoms with E-state index in [-0.39, 0.29) is 31.8 Å². The Hall–Kier alpha value is -3.27. The van der Waals surface area contributed by atoms with Gasteiger partial charge in [-0.05, 0) is 30.3 Å². The number of hydrogen-bond donors (Lipinski definition) is 0. The molecule has 7 heteroatoms. The van der Waals surface area contributed by atoms with Crippen LogP contribution in [0, 0.1) is 11.3 Å². The van der Waals surface area contributed by atoms with Crippen molar-refractivity contribution in [3.05, 3.63) is 59.9 Å². The van der Waals surface area contributed by atoms with Gasteiger partial charge in [-0.1, -0.05) is 6.07 Å². The highest BCUT2D eigenvalue weighted by Gasteiger charge is 2.35. The van der Waals surface area contributed by atoms with Crippen molar-refractivity contribution in [1.29, 1.82) is 5.26 Å². The lowest BCUT2D eigenvalue weighted by Gasteiger charge is -2.31. The third kappa shape index (κ3) is 3.26. The quantitative estimate of drug-likeness (QED) is 0.694. The molecule has 1 fully saturated rings. The molecule has 1 saturated heterocycles. The second kappa shape index (κ2) is 6.47. The second-order valence-electron chi connectivity index (χ2n) is 6.63. The van der Waals surface area contributed by atoms with Crippen LogP contribution in [0.4, 0.5) is 8.78 Å². The zero-order valence-electron chi connectivity index (χ0n) is 14.4. The Morgan fingerprint density at radius 3 is 2.70 bits per heavy atom. The van der Waals surface area contributed by atoms with Gasteiger partial charge in [-0.2, -0.15) is 5.26 Å². The lowest BCUT2D eigenvalue weighted by molar-refractivity contribution is -0.0494. The van der Waals surface area contributed by atoms with E-state index >= 15 is 0 Å². The van der Waals surface area contributed by atoms with Gasteiger partial charge in [0.25, 0.3) is 11.8 Å². The van der Waals surface area contributed by atoms with E-state index in [9.17, 15) is 13.6 Å². The van der Waals surface area contributed by atoms with Crippen LogP contribution in [-0.2, 0) is 0 Å². The molecule has 3 aromatic rings. The summed E-state index contributed by atoms with van der Waals surface area (Å²) in [7, 11) is 0. The van der Waals surface area contributed by atoms with Crippen molar-refractivity contribution in [3.63, 3.8) is 0 Å². The highest BCUT2D eigenvalue weighted by Crippen LogP contribution is 2.29. The topological polar surface area (TPSA) is 61.9 Å². The summed E-state index contributed by atoms with van der Waals surface area (Å²) in [5, 5.41) is 9.83. The maximum absolute atomic E-state index is 13.3. The smallest absolute Gasteiger partial charge is 0.255 e. The molecule has 0 unspecified atom stereocenters. The number of piperidine rings is 1. The van der Waals surface area contributed by atoms with Crippen molar-refractivity contribution in [2.75, 3.05) is 13.1 Å². The predicted octanol–water partition coefficient (Wildman–Crippen LogP) is 3.77. The van der Waals surface area contributed by atoms with Crippen LogP contribution < -0.4 is 0 Å². The van der Waals surface area contributed by atoms with Crippen LogP contribution in [-0.4, -0.2) is 39.4 Å². The number of nitriles is 1. The van der Waals surface area contributed by atoms with Gasteiger partial charge in [0.05, 0.1) is 17.2 Å². The fourth-order valence-corrected chi connectivity index (χ4v) is 3.29. The Morgan fingerprint density at radius 1 is 1.19 bits per heavy atom. The molecule has 0 N–H and O–H groups in total.